The maximum atomic E-state index is 10.2. The quantitative estimate of drug-likeness (QED) is 0.501. The van der Waals surface area contributed by atoms with Gasteiger partial charge in [0.15, 0.2) is 7.15 Å². The first-order valence-electron chi connectivity index (χ1n) is 2.49. The van der Waals surface area contributed by atoms with Gasteiger partial charge in [-0.2, -0.15) is 0 Å². The van der Waals surface area contributed by atoms with Crippen molar-refractivity contribution in [2.45, 2.75) is 12.8 Å². The lowest BCUT2D eigenvalue weighted by Crippen LogP contribution is -1.85. The number of hydrogen-bond acceptors (Lipinski definition) is 2. The highest BCUT2D eigenvalue weighted by atomic mass is 35.7. The van der Waals surface area contributed by atoms with E-state index in [-0.39, 0.29) is 6.42 Å². The Balaban J connectivity index is 3.10. The van der Waals surface area contributed by atoms with E-state index in [0.717, 1.165) is 0 Å². The largest absolute Gasteiger partial charge is 0.310 e. The maximum Gasteiger partial charge on any atom is 0.221 e. The van der Waals surface area contributed by atoms with E-state index in [1.54, 1.807) is 0 Å². The smallest absolute Gasteiger partial charge is 0.221 e. The summed E-state index contributed by atoms with van der Waals surface area (Å²) in [5, 5.41) is -0.394. The lowest BCUT2D eigenvalue weighted by Gasteiger charge is -1.89. The van der Waals surface area contributed by atoms with E-state index in [2.05, 4.69) is 0 Å². The van der Waals surface area contributed by atoms with Gasteiger partial charge in [0.2, 0.25) is 5.24 Å². The van der Waals surface area contributed by atoms with Crippen molar-refractivity contribution in [1.82, 2.24) is 0 Å². The molecule has 0 spiro atoms. The van der Waals surface area contributed by atoms with Gasteiger partial charge in [0, 0.05) is 12.6 Å². The number of rotatable bonds is 4. The summed E-state index contributed by atoms with van der Waals surface area (Å²) < 4.78 is 10.2. The zero-order valence-electron chi connectivity index (χ0n) is 4.69. The summed E-state index contributed by atoms with van der Waals surface area (Å²) in [5.74, 6) is 0. The van der Waals surface area contributed by atoms with Crippen molar-refractivity contribution in [3.8, 4) is 0 Å². The van der Waals surface area contributed by atoms with Crippen LogP contribution in [0.15, 0.2) is 0 Å². The molecule has 0 aliphatic heterocycles. The fourth-order valence-corrected chi connectivity index (χ4v) is 1.36. The van der Waals surface area contributed by atoms with Crippen molar-refractivity contribution in [3.63, 3.8) is 0 Å². The standard InChI is InChI=1S/C4H7Cl2O2P/c5-4(7)2-1-3-9(6)8/h9H,1-3H2. The van der Waals surface area contributed by atoms with Crippen molar-refractivity contribution in [3.05, 3.63) is 0 Å². The molecule has 9 heavy (non-hydrogen) atoms. The summed E-state index contributed by atoms with van der Waals surface area (Å²) >= 11 is 10.1. The summed E-state index contributed by atoms with van der Waals surface area (Å²) in [6.45, 7) is 0. The van der Waals surface area contributed by atoms with Crippen LogP contribution in [0, 0.1) is 0 Å². The van der Waals surface area contributed by atoms with Gasteiger partial charge in [-0.15, -0.1) is 0 Å². The lowest BCUT2D eigenvalue weighted by molar-refractivity contribution is -0.111. The minimum absolute atomic E-state index is 0.269. The second-order valence-electron chi connectivity index (χ2n) is 1.56. The normalized spacial score (nSPS) is 13.1. The Morgan fingerprint density at radius 2 is 2.11 bits per heavy atom. The monoisotopic (exact) mass is 188 g/mol. The molecule has 0 aliphatic carbocycles. The van der Waals surface area contributed by atoms with E-state index in [1.165, 1.54) is 0 Å². The molecule has 54 valence electrons. The van der Waals surface area contributed by atoms with Crippen LogP contribution in [0.4, 0.5) is 0 Å². The van der Waals surface area contributed by atoms with Gasteiger partial charge in [-0.3, -0.25) is 4.79 Å². The van der Waals surface area contributed by atoms with E-state index in [4.69, 9.17) is 22.8 Å². The summed E-state index contributed by atoms with van der Waals surface area (Å²) in [4.78, 5) is 10.1. The van der Waals surface area contributed by atoms with Gasteiger partial charge < -0.3 is 4.57 Å². The average molecular weight is 189 g/mol. The number of carbonyl (C=O) groups is 1. The topological polar surface area (TPSA) is 34.1 Å². The van der Waals surface area contributed by atoms with E-state index >= 15 is 0 Å². The zero-order valence-corrected chi connectivity index (χ0v) is 7.21. The van der Waals surface area contributed by atoms with Crippen molar-refractivity contribution >= 4 is 35.2 Å². The van der Waals surface area contributed by atoms with Gasteiger partial charge in [0.1, 0.15) is 0 Å². The molecule has 0 aromatic heterocycles. The second kappa shape index (κ2) is 5.28. The zero-order chi connectivity index (χ0) is 7.28. The van der Waals surface area contributed by atoms with Crippen molar-refractivity contribution in [2.75, 3.05) is 6.16 Å². The first-order valence-corrected chi connectivity index (χ1v) is 5.50. The molecule has 0 fully saturated rings. The van der Waals surface area contributed by atoms with Crippen LogP contribution in [-0.4, -0.2) is 11.4 Å². The van der Waals surface area contributed by atoms with Gasteiger partial charge in [-0.25, -0.2) is 0 Å². The highest BCUT2D eigenvalue weighted by Gasteiger charge is 1.97. The number of hydrogen-bond donors (Lipinski definition) is 0. The molecule has 1 atom stereocenters. The maximum absolute atomic E-state index is 10.2. The third-order valence-electron chi connectivity index (χ3n) is 0.747. The molecule has 0 saturated carbocycles. The summed E-state index contributed by atoms with van der Waals surface area (Å²) in [6.07, 6.45) is 1.21. The van der Waals surface area contributed by atoms with Crippen LogP contribution in [-0.2, 0) is 9.36 Å². The molecule has 0 bridgehead atoms. The van der Waals surface area contributed by atoms with Gasteiger partial charge in [0.25, 0.3) is 0 Å². The molecular weight excluding hydrogens is 182 g/mol. The van der Waals surface area contributed by atoms with E-state index < -0.39 is 12.4 Å². The van der Waals surface area contributed by atoms with Crippen LogP contribution in [0.5, 0.6) is 0 Å². The van der Waals surface area contributed by atoms with Gasteiger partial charge in [-0.1, -0.05) is 11.2 Å². The summed E-state index contributed by atoms with van der Waals surface area (Å²) in [6, 6.07) is 0. The molecule has 0 aromatic rings. The SMILES string of the molecule is O=C(Cl)CCC[PH](=O)Cl. The Hall–Kier alpha value is 0.480. The van der Waals surface area contributed by atoms with Crippen LogP contribution in [0.1, 0.15) is 12.8 Å². The third kappa shape index (κ3) is 8.48. The Kier molecular flexibility index (Phi) is 5.56. The molecule has 0 aromatic carbocycles. The predicted molar refractivity (Wildman–Crippen MR) is 39.8 cm³/mol. The van der Waals surface area contributed by atoms with Crippen LogP contribution in [0.25, 0.3) is 0 Å². The Morgan fingerprint density at radius 3 is 2.44 bits per heavy atom. The first-order chi connectivity index (χ1) is 4.13. The molecule has 0 saturated heterocycles. The number of carbonyl (C=O) groups excluding carboxylic acids is 1. The molecule has 0 radical (unpaired) electrons. The van der Waals surface area contributed by atoms with Crippen LogP contribution in [0.2, 0.25) is 0 Å². The molecule has 0 amide bonds. The van der Waals surface area contributed by atoms with Gasteiger partial charge in [-0.05, 0) is 18.0 Å². The Bertz CT molecular complexity index is 112. The fourth-order valence-electron chi connectivity index (χ4n) is 0.366. The van der Waals surface area contributed by atoms with Gasteiger partial charge >= 0.3 is 0 Å². The number of halogens is 2. The minimum atomic E-state index is -1.92. The van der Waals surface area contributed by atoms with Crippen molar-refractivity contribution < 1.29 is 9.36 Å². The van der Waals surface area contributed by atoms with E-state index in [0.29, 0.717) is 12.6 Å². The molecule has 0 aliphatic rings. The lowest BCUT2D eigenvalue weighted by atomic mass is 10.4. The molecule has 5 heteroatoms. The summed E-state index contributed by atoms with van der Waals surface area (Å²) in [5.41, 5.74) is 0. The summed E-state index contributed by atoms with van der Waals surface area (Å²) in [7, 11) is -1.92. The Labute approximate surface area is 64.1 Å². The fraction of sp³-hybridized carbons (Fsp3) is 0.750. The molecule has 1 unspecified atom stereocenters. The van der Waals surface area contributed by atoms with Crippen LogP contribution < -0.4 is 0 Å². The second-order valence-corrected chi connectivity index (χ2v) is 4.46. The van der Waals surface area contributed by atoms with Crippen LogP contribution in [0.3, 0.4) is 0 Å². The molecule has 0 rings (SSSR count). The molecule has 0 N–H and O–H groups in total. The van der Waals surface area contributed by atoms with E-state index in [1.807, 2.05) is 0 Å². The Morgan fingerprint density at radius 1 is 1.56 bits per heavy atom. The predicted octanol–water partition coefficient (Wildman–Crippen LogP) is 2.25. The molecular formula is C4H7Cl2O2P. The molecule has 0 heterocycles. The van der Waals surface area contributed by atoms with Crippen LogP contribution >= 0.6 is 30.0 Å². The van der Waals surface area contributed by atoms with Crippen molar-refractivity contribution in [2.24, 2.45) is 0 Å². The third-order valence-corrected chi connectivity index (χ3v) is 2.25. The highest BCUT2D eigenvalue weighted by molar-refractivity contribution is 7.73. The van der Waals surface area contributed by atoms with Crippen molar-refractivity contribution in [1.29, 1.82) is 0 Å². The van der Waals surface area contributed by atoms with E-state index in [9.17, 15) is 9.36 Å². The first kappa shape index (κ1) is 9.48. The highest BCUT2D eigenvalue weighted by Crippen LogP contribution is 2.27. The molecule has 2 nitrogen and oxygen atoms in total. The minimum Gasteiger partial charge on any atom is -0.310 e. The average Bonchev–Trinajstić information content (AvgIpc) is 1.63. The van der Waals surface area contributed by atoms with Gasteiger partial charge in [0.05, 0.1) is 0 Å².